The third-order valence-corrected chi connectivity index (χ3v) is 2.23. The summed E-state index contributed by atoms with van der Waals surface area (Å²) in [6.45, 7) is 5.69. The van der Waals surface area contributed by atoms with Crippen molar-refractivity contribution < 1.29 is 0 Å². The fourth-order valence-corrected chi connectivity index (χ4v) is 1.51. The monoisotopic (exact) mass is 188 g/mol. The molecule has 0 heterocycles. The van der Waals surface area contributed by atoms with E-state index in [9.17, 15) is 0 Å². The Morgan fingerprint density at radius 2 is 2.21 bits per heavy atom. The molecule has 0 fully saturated rings. The molecule has 0 spiro atoms. The minimum absolute atomic E-state index is 0.640. The molecule has 0 radical (unpaired) electrons. The number of nitrogens with two attached hydrogens (primary N) is 1. The number of nitrogen functional groups attached to an aromatic ring is 1. The van der Waals surface area contributed by atoms with E-state index in [2.05, 4.69) is 17.7 Å². The molecular formula is C12H16N2. The van der Waals surface area contributed by atoms with Gasteiger partial charge < -0.3 is 10.6 Å². The summed E-state index contributed by atoms with van der Waals surface area (Å²) in [7, 11) is 0. The van der Waals surface area contributed by atoms with E-state index in [1.165, 1.54) is 11.3 Å². The van der Waals surface area contributed by atoms with Gasteiger partial charge in [-0.3, -0.25) is 0 Å². The van der Waals surface area contributed by atoms with Crippen LogP contribution < -0.4 is 10.6 Å². The Labute approximate surface area is 85.7 Å². The van der Waals surface area contributed by atoms with Crippen LogP contribution in [0, 0.1) is 19.3 Å². The molecule has 1 aromatic rings. The number of nitrogens with zero attached hydrogens (tertiary/aromatic N) is 1. The smallest absolute Gasteiger partial charge is 0.0791 e. The third-order valence-electron chi connectivity index (χ3n) is 2.23. The van der Waals surface area contributed by atoms with Crippen molar-refractivity contribution >= 4 is 11.4 Å². The third kappa shape index (κ3) is 2.20. The van der Waals surface area contributed by atoms with E-state index in [1.807, 2.05) is 25.1 Å². The molecule has 0 saturated heterocycles. The second kappa shape index (κ2) is 4.57. The van der Waals surface area contributed by atoms with Gasteiger partial charge in [-0.05, 0) is 37.6 Å². The van der Waals surface area contributed by atoms with Crippen molar-refractivity contribution in [1.29, 1.82) is 0 Å². The van der Waals surface area contributed by atoms with Gasteiger partial charge in [0.2, 0.25) is 0 Å². The Morgan fingerprint density at radius 1 is 1.50 bits per heavy atom. The van der Waals surface area contributed by atoms with Crippen molar-refractivity contribution in [3.8, 4) is 12.3 Å². The molecule has 0 bridgehead atoms. The van der Waals surface area contributed by atoms with Gasteiger partial charge in [-0.2, -0.15) is 0 Å². The summed E-state index contributed by atoms with van der Waals surface area (Å²) in [6.07, 6.45) is 5.31. The average molecular weight is 188 g/mol. The lowest BCUT2D eigenvalue weighted by atomic mass is 10.1. The van der Waals surface area contributed by atoms with E-state index < -0.39 is 0 Å². The van der Waals surface area contributed by atoms with Crippen LogP contribution in [0.1, 0.15) is 12.5 Å². The molecule has 0 atom stereocenters. The molecule has 0 aliphatic rings. The van der Waals surface area contributed by atoms with Crippen LogP contribution in [0.15, 0.2) is 18.2 Å². The van der Waals surface area contributed by atoms with Crippen LogP contribution >= 0.6 is 0 Å². The van der Waals surface area contributed by atoms with Gasteiger partial charge in [0.05, 0.1) is 6.54 Å². The fraction of sp³-hybridized carbons (Fsp3) is 0.333. The van der Waals surface area contributed by atoms with Gasteiger partial charge in [0.15, 0.2) is 0 Å². The second-order valence-corrected chi connectivity index (χ2v) is 3.26. The number of hydrogen-bond acceptors (Lipinski definition) is 2. The molecule has 1 rings (SSSR count). The van der Waals surface area contributed by atoms with Gasteiger partial charge in [0, 0.05) is 17.9 Å². The Hall–Kier alpha value is -1.62. The Morgan fingerprint density at radius 3 is 2.71 bits per heavy atom. The zero-order valence-electron chi connectivity index (χ0n) is 8.75. The molecule has 2 heteroatoms. The minimum Gasteiger partial charge on any atom is -0.399 e. The van der Waals surface area contributed by atoms with Gasteiger partial charge in [-0.1, -0.05) is 5.92 Å². The van der Waals surface area contributed by atoms with Crippen LogP contribution in [-0.2, 0) is 0 Å². The number of rotatable bonds is 3. The lowest BCUT2D eigenvalue weighted by molar-refractivity contribution is 0.913. The molecule has 0 aliphatic carbocycles. The first-order valence-corrected chi connectivity index (χ1v) is 4.73. The molecule has 0 unspecified atom stereocenters. The second-order valence-electron chi connectivity index (χ2n) is 3.26. The van der Waals surface area contributed by atoms with E-state index in [0.29, 0.717) is 6.54 Å². The van der Waals surface area contributed by atoms with Crippen molar-refractivity contribution in [2.24, 2.45) is 0 Å². The fourth-order valence-electron chi connectivity index (χ4n) is 1.51. The van der Waals surface area contributed by atoms with Crippen LogP contribution in [-0.4, -0.2) is 13.1 Å². The Bertz CT molecular complexity index is 350. The van der Waals surface area contributed by atoms with Crippen LogP contribution in [0.2, 0.25) is 0 Å². The highest BCUT2D eigenvalue weighted by Crippen LogP contribution is 2.21. The Kier molecular flexibility index (Phi) is 3.41. The van der Waals surface area contributed by atoms with Gasteiger partial charge in [0.25, 0.3) is 0 Å². The molecule has 0 saturated carbocycles. The molecule has 0 aliphatic heterocycles. The Balaban J connectivity index is 2.99. The van der Waals surface area contributed by atoms with Crippen molar-refractivity contribution in [2.75, 3.05) is 23.7 Å². The lowest BCUT2D eigenvalue weighted by Crippen LogP contribution is -2.23. The first kappa shape index (κ1) is 10.5. The molecule has 0 amide bonds. The SMILES string of the molecule is C#CCN(CC)c1ccc(N)cc1C. The lowest BCUT2D eigenvalue weighted by Gasteiger charge is -2.22. The maximum Gasteiger partial charge on any atom is 0.0791 e. The summed E-state index contributed by atoms with van der Waals surface area (Å²) in [4.78, 5) is 2.15. The zero-order valence-corrected chi connectivity index (χ0v) is 8.75. The number of aryl methyl sites for hydroxylation is 1. The van der Waals surface area contributed by atoms with Gasteiger partial charge >= 0.3 is 0 Å². The van der Waals surface area contributed by atoms with Crippen LogP contribution in [0.4, 0.5) is 11.4 Å². The number of hydrogen-bond donors (Lipinski definition) is 1. The van der Waals surface area contributed by atoms with Gasteiger partial charge in [-0.15, -0.1) is 6.42 Å². The number of benzene rings is 1. The first-order valence-electron chi connectivity index (χ1n) is 4.73. The molecule has 0 aromatic heterocycles. The van der Waals surface area contributed by atoms with Crippen LogP contribution in [0.25, 0.3) is 0 Å². The maximum atomic E-state index is 5.68. The molecular weight excluding hydrogens is 172 g/mol. The molecule has 74 valence electrons. The van der Waals surface area contributed by atoms with Crippen LogP contribution in [0.5, 0.6) is 0 Å². The van der Waals surface area contributed by atoms with Crippen LogP contribution in [0.3, 0.4) is 0 Å². The quantitative estimate of drug-likeness (QED) is 0.581. The molecule has 14 heavy (non-hydrogen) atoms. The van der Waals surface area contributed by atoms with E-state index in [4.69, 9.17) is 12.2 Å². The van der Waals surface area contributed by atoms with E-state index >= 15 is 0 Å². The van der Waals surface area contributed by atoms with E-state index in [-0.39, 0.29) is 0 Å². The van der Waals surface area contributed by atoms with Crippen molar-refractivity contribution in [3.63, 3.8) is 0 Å². The van der Waals surface area contributed by atoms with Crippen molar-refractivity contribution in [3.05, 3.63) is 23.8 Å². The summed E-state index contributed by atoms with van der Waals surface area (Å²) in [5.74, 6) is 2.65. The summed E-state index contributed by atoms with van der Waals surface area (Å²) in [6, 6.07) is 5.89. The summed E-state index contributed by atoms with van der Waals surface area (Å²) in [5, 5.41) is 0. The molecule has 2 N–H and O–H groups in total. The zero-order chi connectivity index (χ0) is 10.6. The molecule has 2 nitrogen and oxygen atoms in total. The molecule has 1 aromatic carbocycles. The predicted molar refractivity (Wildman–Crippen MR) is 62.3 cm³/mol. The van der Waals surface area contributed by atoms with Crippen molar-refractivity contribution in [2.45, 2.75) is 13.8 Å². The summed E-state index contributed by atoms with van der Waals surface area (Å²) >= 11 is 0. The van der Waals surface area contributed by atoms with Gasteiger partial charge in [-0.25, -0.2) is 0 Å². The van der Waals surface area contributed by atoms with Crippen molar-refractivity contribution in [1.82, 2.24) is 0 Å². The normalized spacial score (nSPS) is 9.50. The number of anilines is 2. The largest absolute Gasteiger partial charge is 0.399 e. The standard InChI is InChI=1S/C12H16N2/c1-4-8-14(5-2)12-7-6-11(13)9-10(12)3/h1,6-7,9H,5,8,13H2,2-3H3. The highest BCUT2D eigenvalue weighted by molar-refractivity contribution is 5.59. The maximum absolute atomic E-state index is 5.68. The highest BCUT2D eigenvalue weighted by Gasteiger charge is 2.05. The first-order chi connectivity index (χ1) is 6.69. The van der Waals surface area contributed by atoms with Gasteiger partial charge in [0.1, 0.15) is 0 Å². The highest BCUT2D eigenvalue weighted by atomic mass is 15.1. The summed E-state index contributed by atoms with van der Waals surface area (Å²) in [5.41, 5.74) is 8.81. The van der Waals surface area contributed by atoms with E-state index in [1.54, 1.807) is 0 Å². The average Bonchev–Trinajstić information content (AvgIpc) is 2.15. The minimum atomic E-state index is 0.640. The topological polar surface area (TPSA) is 29.3 Å². The van der Waals surface area contributed by atoms with E-state index in [0.717, 1.165) is 12.2 Å². The number of terminal acetylenes is 1. The summed E-state index contributed by atoms with van der Waals surface area (Å²) < 4.78 is 0. The predicted octanol–water partition coefficient (Wildman–Crippen LogP) is 2.04.